The van der Waals surface area contributed by atoms with Gasteiger partial charge in [0.15, 0.2) is 11.3 Å². The Bertz CT molecular complexity index is 942. The third kappa shape index (κ3) is 3.00. The van der Waals surface area contributed by atoms with E-state index in [0.29, 0.717) is 5.65 Å². The molecule has 1 N–H and O–H groups in total. The third-order valence-corrected chi connectivity index (χ3v) is 3.84. The van der Waals surface area contributed by atoms with Crippen LogP contribution in [-0.2, 0) is 6.42 Å². The first-order valence-electron chi connectivity index (χ1n) is 7.98. The van der Waals surface area contributed by atoms with Crippen LogP contribution in [0.4, 0.5) is 5.82 Å². The number of tetrazole rings is 1. The quantitative estimate of drug-likeness (QED) is 0.513. The summed E-state index contributed by atoms with van der Waals surface area (Å²) in [6, 6.07) is 9.66. The van der Waals surface area contributed by atoms with Crippen LogP contribution in [0.5, 0.6) is 0 Å². The van der Waals surface area contributed by atoms with Gasteiger partial charge in [0.2, 0.25) is 0 Å². The lowest BCUT2D eigenvalue weighted by Crippen LogP contribution is -2.06. The summed E-state index contributed by atoms with van der Waals surface area (Å²) in [5.74, 6) is 1.79. The molecule has 0 amide bonds. The summed E-state index contributed by atoms with van der Waals surface area (Å²) in [5, 5.41) is 27.2. The molecule has 0 radical (unpaired) electrons. The van der Waals surface area contributed by atoms with Crippen molar-refractivity contribution in [3.63, 3.8) is 0 Å². The Hall–Kier alpha value is -3.10. The van der Waals surface area contributed by atoms with E-state index in [0.717, 1.165) is 49.5 Å². The molecular weight excluding hydrogens is 306 g/mol. The minimum atomic E-state index is 0.640. The molecule has 0 fully saturated rings. The summed E-state index contributed by atoms with van der Waals surface area (Å²) < 4.78 is 3.46. The maximum atomic E-state index is 4.28. The molecule has 0 atom stereocenters. The summed E-state index contributed by atoms with van der Waals surface area (Å²) in [5.41, 5.74) is 1.54. The van der Waals surface area contributed by atoms with Gasteiger partial charge >= 0.3 is 0 Å². The van der Waals surface area contributed by atoms with Crippen molar-refractivity contribution >= 4 is 17.1 Å². The van der Waals surface area contributed by atoms with Gasteiger partial charge in [0, 0.05) is 19.2 Å². The Balaban J connectivity index is 1.22. The van der Waals surface area contributed by atoms with Crippen LogP contribution < -0.4 is 5.32 Å². The van der Waals surface area contributed by atoms with Gasteiger partial charge in [-0.1, -0.05) is 12.5 Å². The second kappa shape index (κ2) is 6.57. The van der Waals surface area contributed by atoms with E-state index in [1.807, 2.05) is 40.9 Å². The van der Waals surface area contributed by atoms with Gasteiger partial charge in [0.05, 0.1) is 0 Å². The lowest BCUT2D eigenvalue weighted by Gasteiger charge is -2.05. The number of anilines is 1. The zero-order chi connectivity index (χ0) is 16.2. The molecule has 0 aliphatic carbocycles. The zero-order valence-electron chi connectivity index (χ0n) is 13.1. The molecule has 122 valence electrons. The first kappa shape index (κ1) is 14.5. The average Bonchev–Trinajstić information content (AvgIpc) is 3.24. The number of pyridine rings is 1. The molecule has 0 aromatic carbocycles. The van der Waals surface area contributed by atoms with Crippen molar-refractivity contribution in [1.29, 1.82) is 0 Å². The molecule has 4 aromatic rings. The number of nitrogens with one attached hydrogen (secondary N) is 1. The van der Waals surface area contributed by atoms with Crippen molar-refractivity contribution in [3.8, 4) is 0 Å². The van der Waals surface area contributed by atoms with Gasteiger partial charge in [-0.3, -0.25) is 4.40 Å². The molecule has 9 nitrogen and oxygen atoms in total. The number of rotatable bonds is 7. The highest BCUT2D eigenvalue weighted by molar-refractivity contribution is 5.42. The number of aryl methyl sites for hydroxylation is 1. The summed E-state index contributed by atoms with van der Waals surface area (Å²) in [4.78, 5) is 0. The van der Waals surface area contributed by atoms with E-state index in [1.54, 1.807) is 0 Å². The predicted molar refractivity (Wildman–Crippen MR) is 87.6 cm³/mol. The van der Waals surface area contributed by atoms with Crippen LogP contribution in [0.3, 0.4) is 0 Å². The third-order valence-electron chi connectivity index (χ3n) is 3.84. The molecule has 0 saturated heterocycles. The fourth-order valence-corrected chi connectivity index (χ4v) is 2.61. The first-order valence-corrected chi connectivity index (χ1v) is 7.98. The van der Waals surface area contributed by atoms with E-state index in [4.69, 9.17) is 0 Å². The van der Waals surface area contributed by atoms with E-state index in [9.17, 15) is 0 Å². The van der Waals surface area contributed by atoms with Crippen LogP contribution in [0.1, 0.15) is 25.1 Å². The predicted octanol–water partition coefficient (Wildman–Crippen LogP) is 1.39. The van der Waals surface area contributed by atoms with Gasteiger partial charge in [-0.05, 0) is 47.5 Å². The van der Waals surface area contributed by atoms with Crippen molar-refractivity contribution in [1.82, 2.24) is 39.9 Å². The maximum absolute atomic E-state index is 4.28. The van der Waals surface area contributed by atoms with Gasteiger partial charge in [0.25, 0.3) is 0 Å². The molecule has 4 aromatic heterocycles. The summed E-state index contributed by atoms with van der Waals surface area (Å²) in [7, 11) is 0. The number of fused-ring (bicyclic) bond motifs is 2. The minimum absolute atomic E-state index is 0.640. The highest BCUT2D eigenvalue weighted by Crippen LogP contribution is 2.08. The Morgan fingerprint density at radius 3 is 2.92 bits per heavy atom. The zero-order valence-corrected chi connectivity index (χ0v) is 13.1. The smallest absolute Gasteiger partial charge is 0.200 e. The van der Waals surface area contributed by atoms with E-state index >= 15 is 0 Å². The molecule has 24 heavy (non-hydrogen) atoms. The molecule has 0 spiro atoms. The topological polar surface area (TPSA) is 98.2 Å². The van der Waals surface area contributed by atoms with Crippen molar-refractivity contribution in [2.75, 3.05) is 11.9 Å². The second-order valence-corrected chi connectivity index (χ2v) is 5.53. The van der Waals surface area contributed by atoms with E-state index in [-0.39, 0.29) is 0 Å². The van der Waals surface area contributed by atoms with E-state index < -0.39 is 0 Å². The first-order chi connectivity index (χ1) is 11.9. The fraction of sp³-hybridized carbons (Fsp3) is 0.333. The monoisotopic (exact) mass is 323 g/mol. The number of hydrogen-bond donors (Lipinski definition) is 1. The van der Waals surface area contributed by atoms with Crippen molar-refractivity contribution in [2.24, 2.45) is 0 Å². The van der Waals surface area contributed by atoms with Gasteiger partial charge < -0.3 is 5.32 Å². The molecule has 0 unspecified atom stereocenters. The Kier molecular flexibility index (Phi) is 3.96. The Morgan fingerprint density at radius 2 is 1.92 bits per heavy atom. The normalized spacial score (nSPS) is 11.3. The van der Waals surface area contributed by atoms with Crippen LogP contribution in [-0.4, -0.2) is 46.4 Å². The number of hydrogen-bond acceptors (Lipinski definition) is 7. The Labute approximate surface area is 137 Å². The van der Waals surface area contributed by atoms with E-state index in [1.165, 1.54) is 4.63 Å². The standard InChI is InChI=1S/C15H17N9/c1(2-6-13-17-18-14-7-3-5-11-23(13)14)4-10-16-12-8-9-15-19-21-22-24(15)20-12/h3,5,7-9,11H,1-2,4,6,10H2,(H,16,20). The minimum Gasteiger partial charge on any atom is -0.369 e. The lowest BCUT2D eigenvalue weighted by molar-refractivity contribution is 0.671. The van der Waals surface area contributed by atoms with Gasteiger partial charge in [-0.2, -0.15) is 0 Å². The van der Waals surface area contributed by atoms with Crippen LogP contribution in [0.2, 0.25) is 0 Å². The summed E-state index contributed by atoms with van der Waals surface area (Å²) in [6.45, 7) is 0.862. The second-order valence-electron chi connectivity index (χ2n) is 5.53. The highest BCUT2D eigenvalue weighted by Gasteiger charge is 2.04. The van der Waals surface area contributed by atoms with Crippen LogP contribution in [0.25, 0.3) is 11.3 Å². The molecule has 4 rings (SSSR count). The molecule has 0 aliphatic heterocycles. The van der Waals surface area contributed by atoms with E-state index in [2.05, 4.69) is 36.1 Å². The number of unbranched alkanes of at least 4 members (excludes halogenated alkanes) is 2. The molecule has 0 saturated carbocycles. The van der Waals surface area contributed by atoms with Crippen molar-refractivity contribution in [3.05, 3.63) is 42.4 Å². The van der Waals surface area contributed by atoms with Gasteiger partial charge in [0.1, 0.15) is 11.6 Å². The number of nitrogens with zero attached hydrogens (tertiary/aromatic N) is 8. The number of aromatic nitrogens is 8. The molecule has 0 aliphatic rings. The van der Waals surface area contributed by atoms with Crippen molar-refractivity contribution in [2.45, 2.75) is 25.7 Å². The maximum Gasteiger partial charge on any atom is 0.200 e. The van der Waals surface area contributed by atoms with Gasteiger partial charge in [-0.15, -0.1) is 25.0 Å². The van der Waals surface area contributed by atoms with Crippen LogP contribution in [0, 0.1) is 0 Å². The molecule has 9 heteroatoms. The van der Waals surface area contributed by atoms with Crippen LogP contribution >= 0.6 is 0 Å². The highest BCUT2D eigenvalue weighted by atomic mass is 15.6. The molecule has 0 bridgehead atoms. The summed E-state index contributed by atoms with van der Waals surface area (Å²) in [6.07, 6.45) is 6.19. The fourth-order valence-electron chi connectivity index (χ4n) is 2.61. The Morgan fingerprint density at radius 1 is 0.917 bits per heavy atom. The van der Waals surface area contributed by atoms with Gasteiger partial charge in [-0.25, -0.2) is 0 Å². The largest absolute Gasteiger partial charge is 0.369 e. The van der Waals surface area contributed by atoms with Crippen LogP contribution in [0.15, 0.2) is 36.5 Å². The molecule has 4 heterocycles. The summed E-state index contributed by atoms with van der Waals surface area (Å²) >= 11 is 0. The average molecular weight is 323 g/mol. The SMILES string of the molecule is c1ccn2c(CCCCCNc3ccc4nnnn4n3)nnc2c1. The molecular formula is C15H17N9. The van der Waals surface area contributed by atoms with Crippen molar-refractivity contribution < 1.29 is 0 Å². The lowest BCUT2D eigenvalue weighted by atomic mass is 10.2.